The highest BCUT2D eigenvalue weighted by molar-refractivity contribution is 6.35. The van der Waals surface area contributed by atoms with Crippen molar-refractivity contribution >= 4 is 40.6 Å². The van der Waals surface area contributed by atoms with Crippen LogP contribution >= 0.6 is 23.2 Å². The van der Waals surface area contributed by atoms with Gasteiger partial charge in [-0.2, -0.15) is 0 Å². The Balaban J connectivity index is 2.29. The smallest absolute Gasteiger partial charge is 0.330 e. The quantitative estimate of drug-likeness (QED) is 0.449. The van der Waals surface area contributed by atoms with Crippen LogP contribution in [0.1, 0.15) is 38.3 Å². The summed E-state index contributed by atoms with van der Waals surface area (Å²) >= 11 is 12.2. The minimum atomic E-state index is -0.655. The molecule has 0 saturated carbocycles. The standard InChI is InChI=1S/C21H29Cl2N5O4/c1-4-5-8-28-19(24)18(20(30)26-21(28)31)27(9-10-32-3)12-17(29)25-13(2)15-7-6-14(22)11-16(15)23/h6-7,11,13H,4-5,8-10,12,24H2,1-3H3,(H,25,29)(H,26,30,31). The van der Waals surface area contributed by atoms with Gasteiger partial charge in [-0.1, -0.05) is 42.6 Å². The Hall–Kier alpha value is -2.49. The van der Waals surface area contributed by atoms with Crippen molar-refractivity contribution in [3.05, 3.63) is 54.6 Å². The molecule has 0 bridgehead atoms. The van der Waals surface area contributed by atoms with E-state index >= 15 is 0 Å². The van der Waals surface area contributed by atoms with E-state index in [2.05, 4.69) is 10.3 Å². The highest BCUT2D eigenvalue weighted by atomic mass is 35.5. The average Bonchev–Trinajstić information content (AvgIpc) is 2.71. The molecule has 1 amide bonds. The van der Waals surface area contributed by atoms with Gasteiger partial charge in [0.1, 0.15) is 11.5 Å². The molecule has 0 aliphatic carbocycles. The summed E-state index contributed by atoms with van der Waals surface area (Å²) in [6.07, 6.45) is 1.56. The van der Waals surface area contributed by atoms with Crippen LogP contribution in [0.5, 0.6) is 0 Å². The van der Waals surface area contributed by atoms with E-state index in [0.29, 0.717) is 28.6 Å². The summed E-state index contributed by atoms with van der Waals surface area (Å²) in [6.45, 7) is 4.44. The number of halogens is 2. The molecule has 4 N–H and O–H groups in total. The molecule has 2 aromatic rings. The van der Waals surface area contributed by atoms with Crippen LogP contribution in [0.2, 0.25) is 10.0 Å². The van der Waals surface area contributed by atoms with E-state index < -0.39 is 17.3 Å². The van der Waals surface area contributed by atoms with Crippen LogP contribution in [0.3, 0.4) is 0 Å². The van der Waals surface area contributed by atoms with Crippen LogP contribution in [-0.2, 0) is 16.1 Å². The number of aromatic nitrogens is 2. The molecule has 32 heavy (non-hydrogen) atoms. The molecule has 1 aromatic carbocycles. The maximum absolute atomic E-state index is 12.8. The lowest BCUT2D eigenvalue weighted by Crippen LogP contribution is -2.44. The first-order valence-corrected chi connectivity index (χ1v) is 11.1. The summed E-state index contributed by atoms with van der Waals surface area (Å²) < 4.78 is 6.44. The van der Waals surface area contributed by atoms with Crippen LogP contribution in [-0.4, -0.2) is 42.3 Å². The monoisotopic (exact) mass is 485 g/mol. The third-order valence-electron chi connectivity index (χ3n) is 4.97. The zero-order valence-electron chi connectivity index (χ0n) is 18.4. The van der Waals surface area contributed by atoms with Crippen molar-refractivity contribution in [2.75, 3.05) is 37.4 Å². The van der Waals surface area contributed by atoms with Gasteiger partial charge in [-0.05, 0) is 31.0 Å². The second kappa shape index (κ2) is 11.9. The zero-order valence-corrected chi connectivity index (χ0v) is 19.9. The number of aromatic amines is 1. The number of benzene rings is 1. The Labute approximate surface area is 196 Å². The van der Waals surface area contributed by atoms with E-state index in [1.165, 1.54) is 16.6 Å². The predicted molar refractivity (Wildman–Crippen MR) is 128 cm³/mol. The molecular weight excluding hydrogens is 457 g/mol. The SMILES string of the molecule is CCCCn1c(N)c(N(CCOC)CC(=O)NC(C)c2ccc(Cl)cc2Cl)c(=O)[nH]c1=O. The zero-order chi connectivity index (χ0) is 23.8. The van der Waals surface area contributed by atoms with Crippen molar-refractivity contribution in [1.82, 2.24) is 14.9 Å². The van der Waals surface area contributed by atoms with Crippen molar-refractivity contribution in [3.63, 3.8) is 0 Å². The number of nitrogen functional groups attached to an aromatic ring is 1. The van der Waals surface area contributed by atoms with E-state index in [9.17, 15) is 14.4 Å². The predicted octanol–water partition coefficient (Wildman–Crippen LogP) is 2.56. The number of methoxy groups -OCH3 is 1. The molecule has 0 radical (unpaired) electrons. The third-order valence-corrected chi connectivity index (χ3v) is 5.53. The summed E-state index contributed by atoms with van der Waals surface area (Å²) in [5, 5.41) is 3.79. The molecule has 176 valence electrons. The van der Waals surface area contributed by atoms with Crippen LogP contribution in [0, 0.1) is 0 Å². The Morgan fingerprint density at radius 2 is 2.06 bits per heavy atom. The Bertz CT molecular complexity index is 1050. The van der Waals surface area contributed by atoms with Gasteiger partial charge in [0.15, 0.2) is 0 Å². The number of nitrogens with one attached hydrogen (secondary N) is 2. The van der Waals surface area contributed by atoms with E-state index in [1.807, 2.05) is 6.92 Å². The first-order chi connectivity index (χ1) is 15.2. The highest BCUT2D eigenvalue weighted by Crippen LogP contribution is 2.26. The molecular formula is C21H29Cl2N5O4. The summed E-state index contributed by atoms with van der Waals surface area (Å²) in [4.78, 5) is 41.4. The first kappa shape index (κ1) is 25.8. The summed E-state index contributed by atoms with van der Waals surface area (Å²) in [5.74, 6) is -0.338. The lowest BCUT2D eigenvalue weighted by atomic mass is 10.1. The molecule has 1 unspecified atom stereocenters. The second-order valence-corrected chi connectivity index (χ2v) is 8.21. The molecule has 9 nitrogen and oxygen atoms in total. The molecule has 1 heterocycles. The lowest BCUT2D eigenvalue weighted by Gasteiger charge is -2.26. The second-order valence-electron chi connectivity index (χ2n) is 7.37. The largest absolute Gasteiger partial charge is 0.383 e. The number of nitrogens with zero attached hydrogens (tertiary/aromatic N) is 2. The van der Waals surface area contributed by atoms with Crippen molar-refractivity contribution in [2.24, 2.45) is 0 Å². The maximum atomic E-state index is 12.8. The first-order valence-electron chi connectivity index (χ1n) is 10.3. The number of anilines is 2. The number of hydrogen-bond donors (Lipinski definition) is 3. The summed E-state index contributed by atoms with van der Waals surface area (Å²) in [7, 11) is 1.51. The Morgan fingerprint density at radius 3 is 2.69 bits per heavy atom. The molecule has 1 aromatic heterocycles. The molecule has 11 heteroatoms. The highest BCUT2D eigenvalue weighted by Gasteiger charge is 2.22. The van der Waals surface area contributed by atoms with E-state index in [1.54, 1.807) is 25.1 Å². The fourth-order valence-corrected chi connectivity index (χ4v) is 3.86. The number of carbonyl (C=O) groups is 1. The topological polar surface area (TPSA) is 122 Å². The van der Waals surface area contributed by atoms with Crippen LogP contribution in [0.25, 0.3) is 0 Å². The Morgan fingerprint density at radius 1 is 1.34 bits per heavy atom. The fraction of sp³-hybridized carbons (Fsp3) is 0.476. The molecule has 0 spiro atoms. The van der Waals surface area contributed by atoms with Gasteiger partial charge < -0.3 is 20.7 Å². The van der Waals surface area contributed by atoms with Gasteiger partial charge in [0.25, 0.3) is 5.56 Å². The third kappa shape index (κ3) is 6.51. The number of ether oxygens (including phenoxy) is 1. The number of rotatable bonds is 11. The normalized spacial score (nSPS) is 11.9. The van der Waals surface area contributed by atoms with Crippen LogP contribution in [0.4, 0.5) is 11.5 Å². The van der Waals surface area contributed by atoms with Gasteiger partial charge >= 0.3 is 5.69 Å². The van der Waals surface area contributed by atoms with Gasteiger partial charge in [0.05, 0.1) is 19.2 Å². The van der Waals surface area contributed by atoms with Crippen molar-refractivity contribution in [1.29, 1.82) is 0 Å². The number of amides is 1. The van der Waals surface area contributed by atoms with Crippen molar-refractivity contribution < 1.29 is 9.53 Å². The van der Waals surface area contributed by atoms with Gasteiger partial charge in [-0.3, -0.25) is 19.1 Å². The Kier molecular flexibility index (Phi) is 9.61. The average molecular weight is 486 g/mol. The van der Waals surface area contributed by atoms with Crippen LogP contribution in [0.15, 0.2) is 27.8 Å². The molecule has 0 saturated heterocycles. The van der Waals surface area contributed by atoms with Gasteiger partial charge in [0.2, 0.25) is 5.91 Å². The van der Waals surface area contributed by atoms with Gasteiger partial charge in [0, 0.05) is 30.2 Å². The number of nitrogens with two attached hydrogens (primary N) is 1. The van der Waals surface area contributed by atoms with Crippen LogP contribution < -0.4 is 27.2 Å². The minimum absolute atomic E-state index is 0.0184. The lowest BCUT2D eigenvalue weighted by molar-refractivity contribution is -0.120. The van der Waals surface area contributed by atoms with Gasteiger partial charge in [-0.25, -0.2) is 4.79 Å². The summed E-state index contributed by atoms with van der Waals surface area (Å²) in [5.41, 5.74) is 5.73. The molecule has 0 aliphatic heterocycles. The molecule has 2 rings (SSSR count). The minimum Gasteiger partial charge on any atom is -0.383 e. The number of H-pyrrole nitrogens is 1. The number of unbranched alkanes of at least 4 members (excludes halogenated alkanes) is 1. The molecule has 0 fully saturated rings. The number of carbonyl (C=O) groups excluding carboxylic acids is 1. The van der Waals surface area contributed by atoms with E-state index in [-0.39, 0.29) is 37.1 Å². The van der Waals surface area contributed by atoms with E-state index in [4.69, 9.17) is 33.7 Å². The number of hydrogen-bond acceptors (Lipinski definition) is 6. The van der Waals surface area contributed by atoms with E-state index in [0.717, 1.165) is 6.42 Å². The fourth-order valence-electron chi connectivity index (χ4n) is 3.28. The molecule has 0 aliphatic rings. The van der Waals surface area contributed by atoms with Crippen molar-refractivity contribution in [3.8, 4) is 0 Å². The molecule has 1 atom stereocenters. The van der Waals surface area contributed by atoms with Crippen molar-refractivity contribution in [2.45, 2.75) is 39.3 Å². The summed E-state index contributed by atoms with van der Waals surface area (Å²) in [6, 6.07) is 4.64. The maximum Gasteiger partial charge on any atom is 0.330 e. The van der Waals surface area contributed by atoms with Gasteiger partial charge in [-0.15, -0.1) is 0 Å².